The van der Waals surface area contributed by atoms with Gasteiger partial charge in [-0.1, -0.05) is 17.7 Å². The summed E-state index contributed by atoms with van der Waals surface area (Å²) in [4.78, 5) is 17.5. The third-order valence-electron chi connectivity index (χ3n) is 5.94. The van der Waals surface area contributed by atoms with Crippen LogP contribution in [0.1, 0.15) is 25.3 Å². The van der Waals surface area contributed by atoms with Gasteiger partial charge in [-0.25, -0.2) is 0 Å². The zero-order valence-corrected chi connectivity index (χ0v) is 19.0. The van der Waals surface area contributed by atoms with E-state index in [-0.39, 0.29) is 5.91 Å². The first-order valence-electron chi connectivity index (χ1n) is 10.4. The molecule has 2 aliphatic heterocycles. The molecule has 0 unspecified atom stereocenters. The molecule has 0 aromatic heterocycles. The Kier molecular flexibility index (Phi) is 8.12. The van der Waals surface area contributed by atoms with Gasteiger partial charge in [0.05, 0.1) is 26.3 Å². The van der Waals surface area contributed by atoms with Gasteiger partial charge in [0.25, 0.3) is 0 Å². The van der Waals surface area contributed by atoms with Crippen molar-refractivity contribution >= 4 is 40.5 Å². The van der Waals surface area contributed by atoms with Crippen molar-refractivity contribution in [1.82, 2.24) is 9.80 Å². The summed E-state index contributed by atoms with van der Waals surface area (Å²) >= 11 is 12.1. The number of rotatable bonds is 5. The number of piperidine rings is 1. The number of nitrogens with zero attached hydrogens (tertiary/aromatic N) is 2. The van der Waals surface area contributed by atoms with E-state index in [1.165, 1.54) is 0 Å². The van der Waals surface area contributed by atoms with Crippen LogP contribution in [0.25, 0.3) is 0 Å². The summed E-state index contributed by atoms with van der Waals surface area (Å²) in [6, 6.07) is 6.28. The number of amides is 1. The first-order valence-corrected chi connectivity index (χ1v) is 11.2. The minimum Gasteiger partial charge on any atom is -0.370 e. The fourth-order valence-electron chi connectivity index (χ4n) is 4.00. The number of nitrogens with one attached hydrogen (secondary N) is 2. The summed E-state index contributed by atoms with van der Waals surface area (Å²) in [6.07, 6.45) is 1.88. The number of aryl methyl sites for hydroxylation is 1. The number of carbonyl (C=O) groups excluding carboxylic acids is 1. The molecule has 0 aliphatic carbocycles. The molecule has 29 heavy (non-hydrogen) atoms. The van der Waals surface area contributed by atoms with E-state index in [0.29, 0.717) is 6.04 Å². The molecule has 1 amide bonds. The summed E-state index contributed by atoms with van der Waals surface area (Å²) in [5, 5.41) is 4.86. The fourth-order valence-corrected chi connectivity index (χ4v) is 4.54. The number of likely N-dealkylation sites (tertiary alicyclic amines) is 1. The third-order valence-corrected chi connectivity index (χ3v) is 6.68. The Morgan fingerprint density at radius 3 is 2.66 bits per heavy atom. The largest absolute Gasteiger partial charge is 0.370 e. The zero-order valence-electron chi connectivity index (χ0n) is 17.4. The fraction of sp³-hybridized carbons (Fsp3) is 0.619. The molecule has 1 aromatic carbocycles. The predicted octanol–water partition coefficient (Wildman–Crippen LogP) is 1.57. The Bertz CT molecular complexity index is 719. The van der Waals surface area contributed by atoms with Gasteiger partial charge in [0.2, 0.25) is 5.91 Å². The van der Waals surface area contributed by atoms with E-state index in [4.69, 9.17) is 28.6 Å². The highest BCUT2D eigenvalue weighted by Gasteiger charge is 2.28. The molecule has 0 bridgehead atoms. The van der Waals surface area contributed by atoms with E-state index in [1.54, 1.807) is 11.8 Å². The maximum absolute atomic E-state index is 11.7. The minimum atomic E-state index is 0.155. The van der Waals surface area contributed by atoms with Gasteiger partial charge < -0.3 is 24.8 Å². The molecule has 0 spiro atoms. The molecule has 0 atom stereocenters. The molecule has 0 saturated carbocycles. The van der Waals surface area contributed by atoms with Crippen molar-refractivity contribution in [2.75, 3.05) is 57.8 Å². The smallest absolute Gasteiger partial charge is 0.219 e. The lowest BCUT2D eigenvalue weighted by molar-refractivity contribution is -0.907. The quantitative estimate of drug-likeness (QED) is 0.682. The molecule has 2 N–H and O–H groups in total. The van der Waals surface area contributed by atoms with Crippen LogP contribution in [-0.2, 0) is 9.53 Å². The number of hydrogen-bond donors (Lipinski definition) is 2. The first kappa shape index (κ1) is 22.3. The standard InChI is InChI=1S/C21H31ClN4O2S/c1-16-3-4-18(15-20(16)22)23-21(29)26(10-9-24-11-13-28-14-12-24)19-5-7-25(8-6-19)17(2)27/h3-4,15,19H,5-14H2,1-2H3,(H,23,29)/p+1. The average Bonchev–Trinajstić information content (AvgIpc) is 2.72. The maximum Gasteiger partial charge on any atom is 0.219 e. The van der Waals surface area contributed by atoms with Gasteiger partial charge >= 0.3 is 0 Å². The summed E-state index contributed by atoms with van der Waals surface area (Å²) < 4.78 is 5.48. The van der Waals surface area contributed by atoms with Crippen LogP contribution in [0.2, 0.25) is 5.02 Å². The van der Waals surface area contributed by atoms with Crippen LogP contribution < -0.4 is 10.2 Å². The summed E-state index contributed by atoms with van der Waals surface area (Å²) in [5.74, 6) is 0.155. The highest BCUT2D eigenvalue weighted by atomic mass is 35.5. The third kappa shape index (κ3) is 6.28. The molecular weight excluding hydrogens is 408 g/mol. The molecule has 160 valence electrons. The lowest BCUT2D eigenvalue weighted by Crippen LogP contribution is -3.14. The van der Waals surface area contributed by atoms with Crippen LogP contribution in [-0.4, -0.2) is 79.3 Å². The maximum atomic E-state index is 11.7. The topological polar surface area (TPSA) is 49.3 Å². The van der Waals surface area contributed by atoms with Crippen molar-refractivity contribution in [3.8, 4) is 0 Å². The second-order valence-electron chi connectivity index (χ2n) is 7.94. The molecule has 6 nitrogen and oxygen atoms in total. The van der Waals surface area contributed by atoms with Crippen molar-refractivity contribution in [1.29, 1.82) is 0 Å². The highest BCUT2D eigenvalue weighted by molar-refractivity contribution is 7.80. The van der Waals surface area contributed by atoms with Crippen LogP contribution in [0.3, 0.4) is 0 Å². The van der Waals surface area contributed by atoms with E-state index < -0.39 is 0 Å². The number of morpholine rings is 1. The number of halogens is 1. The monoisotopic (exact) mass is 439 g/mol. The van der Waals surface area contributed by atoms with Gasteiger partial charge in [0, 0.05) is 36.8 Å². The van der Waals surface area contributed by atoms with Gasteiger partial charge in [-0.15, -0.1) is 0 Å². The molecule has 3 rings (SSSR count). The second kappa shape index (κ2) is 10.6. The van der Waals surface area contributed by atoms with Crippen molar-refractivity contribution in [3.05, 3.63) is 28.8 Å². The Labute approximate surface area is 184 Å². The van der Waals surface area contributed by atoms with E-state index in [2.05, 4.69) is 10.2 Å². The van der Waals surface area contributed by atoms with E-state index in [1.807, 2.05) is 30.0 Å². The van der Waals surface area contributed by atoms with E-state index in [0.717, 1.165) is 86.7 Å². The summed E-state index contributed by atoms with van der Waals surface area (Å²) in [6.45, 7) is 10.9. The van der Waals surface area contributed by atoms with Gasteiger partial charge in [0.1, 0.15) is 13.1 Å². The van der Waals surface area contributed by atoms with E-state index in [9.17, 15) is 4.79 Å². The number of benzene rings is 1. The van der Waals surface area contributed by atoms with Gasteiger partial charge in [0.15, 0.2) is 5.11 Å². The molecule has 8 heteroatoms. The lowest BCUT2D eigenvalue weighted by Gasteiger charge is -2.40. The van der Waals surface area contributed by atoms with E-state index >= 15 is 0 Å². The second-order valence-corrected chi connectivity index (χ2v) is 8.73. The van der Waals surface area contributed by atoms with Crippen molar-refractivity contribution in [3.63, 3.8) is 0 Å². The number of thiocarbonyl (C=S) groups is 1. The number of anilines is 1. The van der Waals surface area contributed by atoms with Crippen molar-refractivity contribution < 1.29 is 14.4 Å². The Morgan fingerprint density at radius 2 is 2.03 bits per heavy atom. The molecule has 2 fully saturated rings. The molecule has 2 saturated heterocycles. The number of carbonyl (C=O) groups is 1. The van der Waals surface area contributed by atoms with Gasteiger partial charge in [-0.2, -0.15) is 0 Å². The van der Waals surface area contributed by atoms with Crippen LogP contribution in [0.4, 0.5) is 5.69 Å². The van der Waals surface area contributed by atoms with Gasteiger partial charge in [-0.05, 0) is 49.7 Å². The summed E-state index contributed by atoms with van der Waals surface area (Å²) in [5.41, 5.74) is 1.96. The summed E-state index contributed by atoms with van der Waals surface area (Å²) in [7, 11) is 0. The number of hydrogen-bond acceptors (Lipinski definition) is 3. The molecule has 0 radical (unpaired) electrons. The van der Waals surface area contributed by atoms with Crippen molar-refractivity contribution in [2.45, 2.75) is 32.7 Å². The average molecular weight is 440 g/mol. The van der Waals surface area contributed by atoms with Crippen LogP contribution in [0.5, 0.6) is 0 Å². The Hall–Kier alpha value is -1.41. The molecule has 1 aromatic rings. The lowest BCUT2D eigenvalue weighted by atomic mass is 10.0. The Morgan fingerprint density at radius 1 is 1.34 bits per heavy atom. The van der Waals surface area contributed by atoms with Gasteiger partial charge in [-0.3, -0.25) is 4.79 Å². The predicted molar refractivity (Wildman–Crippen MR) is 121 cm³/mol. The van der Waals surface area contributed by atoms with Crippen LogP contribution >= 0.6 is 23.8 Å². The highest BCUT2D eigenvalue weighted by Crippen LogP contribution is 2.22. The van der Waals surface area contributed by atoms with Crippen LogP contribution in [0, 0.1) is 6.92 Å². The van der Waals surface area contributed by atoms with Crippen molar-refractivity contribution in [2.24, 2.45) is 0 Å². The molecular formula is C21H32ClN4O2S+. The number of quaternary nitrogens is 1. The zero-order chi connectivity index (χ0) is 20.8. The SMILES string of the molecule is CC(=O)N1CCC(N(CC[NH+]2CCOCC2)C(=S)Nc2ccc(C)c(Cl)c2)CC1. The Balaban J connectivity index is 1.66. The minimum absolute atomic E-state index is 0.155. The molecule has 2 heterocycles. The number of ether oxygens (including phenoxy) is 1. The molecule has 2 aliphatic rings. The normalized spacial score (nSPS) is 18.5. The first-order chi connectivity index (χ1) is 13.9. The van der Waals surface area contributed by atoms with Crippen LogP contribution in [0.15, 0.2) is 18.2 Å².